The number of benzene rings is 2. The molecule has 0 bridgehead atoms. The van der Waals surface area contributed by atoms with Crippen molar-refractivity contribution in [2.45, 2.75) is 45.6 Å². The van der Waals surface area contributed by atoms with Crippen molar-refractivity contribution in [3.05, 3.63) is 65.0 Å². The first kappa shape index (κ1) is 20.5. The maximum absolute atomic E-state index is 13.6. The summed E-state index contributed by atoms with van der Waals surface area (Å²) in [5.41, 5.74) is 4.00. The second-order valence-electron chi connectivity index (χ2n) is 8.33. The van der Waals surface area contributed by atoms with Crippen LogP contribution in [0, 0.1) is 25.1 Å². The minimum absolute atomic E-state index is 0.00291. The summed E-state index contributed by atoms with van der Waals surface area (Å²) in [4.78, 5) is 19.0. The molecule has 30 heavy (non-hydrogen) atoms. The fraction of sp³-hybridized carbons (Fsp3) is 0.417. The lowest BCUT2D eigenvalue weighted by atomic mass is 9.74. The molecule has 0 spiro atoms. The minimum atomic E-state index is -0.575. The Morgan fingerprint density at radius 2 is 1.97 bits per heavy atom. The van der Waals surface area contributed by atoms with Gasteiger partial charge in [0.25, 0.3) is 0 Å². The predicted molar refractivity (Wildman–Crippen MR) is 114 cm³/mol. The van der Waals surface area contributed by atoms with Crippen LogP contribution in [-0.2, 0) is 14.4 Å². The van der Waals surface area contributed by atoms with Gasteiger partial charge in [-0.3, -0.25) is 4.79 Å². The van der Waals surface area contributed by atoms with Gasteiger partial charge in [0.15, 0.2) is 0 Å². The molecule has 0 radical (unpaired) electrons. The number of hydrogen-bond donors (Lipinski definition) is 1. The summed E-state index contributed by atoms with van der Waals surface area (Å²) >= 11 is 0. The molecule has 4 rings (SSSR count). The lowest BCUT2D eigenvalue weighted by Gasteiger charge is -2.37. The molecule has 0 unspecified atom stereocenters. The highest BCUT2D eigenvalue weighted by molar-refractivity contribution is 6.01. The molecule has 1 saturated heterocycles. The summed E-state index contributed by atoms with van der Waals surface area (Å²) in [5, 5.41) is 7.28. The lowest BCUT2D eigenvalue weighted by Crippen LogP contribution is -2.43. The molecule has 1 fully saturated rings. The molecule has 2 aliphatic heterocycles. The molecule has 1 N–H and O–H groups in total. The largest absolute Gasteiger partial charge is 0.392 e. The zero-order chi connectivity index (χ0) is 21.1. The van der Waals surface area contributed by atoms with Crippen LogP contribution in [0.4, 0.5) is 10.1 Å². The van der Waals surface area contributed by atoms with Gasteiger partial charge in [0, 0.05) is 37.3 Å². The molecular weight excluding hydrogens is 383 g/mol. The van der Waals surface area contributed by atoms with Crippen LogP contribution >= 0.6 is 0 Å². The molecular formula is C24H27FN2O3. The van der Waals surface area contributed by atoms with E-state index in [4.69, 9.17) is 9.57 Å². The Labute approximate surface area is 176 Å². The van der Waals surface area contributed by atoms with Crippen molar-refractivity contribution in [3.8, 4) is 0 Å². The number of rotatable bonds is 5. The number of aryl methyl sites for hydroxylation is 2. The molecule has 1 atom stereocenters. The molecule has 2 aromatic rings. The van der Waals surface area contributed by atoms with Gasteiger partial charge in [-0.25, -0.2) is 4.39 Å². The molecule has 1 amide bonds. The molecule has 0 aromatic heterocycles. The van der Waals surface area contributed by atoms with E-state index in [2.05, 4.69) is 17.4 Å². The number of oxime groups is 1. The van der Waals surface area contributed by atoms with E-state index < -0.39 is 5.41 Å². The topological polar surface area (TPSA) is 59.9 Å². The summed E-state index contributed by atoms with van der Waals surface area (Å²) in [7, 11) is 0. The Morgan fingerprint density at radius 1 is 1.17 bits per heavy atom. The van der Waals surface area contributed by atoms with Crippen LogP contribution in [0.1, 0.15) is 42.4 Å². The fourth-order valence-corrected chi connectivity index (χ4v) is 4.18. The van der Waals surface area contributed by atoms with Gasteiger partial charge in [-0.2, -0.15) is 0 Å². The number of ether oxygens (including phenoxy) is 1. The van der Waals surface area contributed by atoms with Crippen LogP contribution in [-0.4, -0.2) is 30.9 Å². The Bertz CT molecular complexity index is 967. The Kier molecular flexibility index (Phi) is 5.86. The SMILES string of the molecule is Cc1ccc(NC(=O)C2(C[C@H]3CC(c4cccc(F)c4)=NO3)CCOCC2)cc1C. The van der Waals surface area contributed by atoms with Gasteiger partial charge in [-0.1, -0.05) is 23.4 Å². The molecule has 2 aliphatic rings. The molecule has 2 aromatic carbocycles. The van der Waals surface area contributed by atoms with Crippen LogP contribution in [0.25, 0.3) is 0 Å². The predicted octanol–water partition coefficient (Wildman–Crippen LogP) is 4.76. The van der Waals surface area contributed by atoms with Gasteiger partial charge in [0.05, 0.1) is 11.1 Å². The zero-order valence-corrected chi connectivity index (χ0v) is 17.4. The van der Waals surface area contributed by atoms with Crippen LogP contribution in [0.3, 0.4) is 0 Å². The number of halogens is 1. The van der Waals surface area contributed by atoms with Crippen molar-refractivity contribution in [1.29, 1.82) is 0 Å². The first-order valence-corrected chi connectivity index (χ1v) is 10.4. The fourth-order valence-electron chi connectivity index (χ4n) is 4.18. The van der Waals surface area contributed by atoms with Crippen LogP contribution < -0.4 is 5.32 Å². The average molecular weight is 410 g/mol. The molecule has 2 heterocycles. The van der Waals surface area contributed by atoms with Gasteiger partial charge >= 0.3 is 0 Å². The van der Waals surface area contributed by atoms with E-state index in [1.165, 1.54) is 17.7 Å². The summed E-state index contributed by atoms with van der Waals surface area (Å²) in [6.07, 6.45) is 2.17. The number of amides is 1. The number of carbonyl (C=O) groups excluding carboxylic acids is 1. The highest BCUT2D eigenvalue weighted by Gasteiger charge is 2.43. The van der Waals surface area contributed by atoms with E-state index >= 15 is 0 Å². The third kappa shape index (κ3) is 4.38. The molecule has 0 aliphatic carbocycles. The summed E-state index contributed by atoms with van der Waals surface area (Å²) in [6, 6.07) is 12.3. The van der Waals surface area contributed by atoms with E-state index in [0.29, 0.717) is 38.9 Å². The monoisotopic (exact) mass is 410 g/mol. The first-order chi connectivity index (χ1) is 14.4. The Hall–Kier alpha value is -2.73. The smallest absolute Gasteiger partial charge is 0.230 e. The van der Waals surface area contributed by atoms with Crippen molar-refractivity contribution in [1.82, 2.24) is 0 Å². The standard InChI is InChI=1S/C24H27FN2O3/c1-16-6-7-20(12-17(16)2)26-23(28)24(8-10-29-11-9-24)15-21-14-22(27-30-21)18-4-3-5-19(25)13-18/h3-7,12-13,21H,8-11,14-15H2,1-2H3,(H,26,28)/t21-/m1/s1. The maximum Gasteiger partial charge on any atom is 0.230 e. The Morgan fingerprint density at radius 3 is 2.70 bits per heavy atom. The van der Waals surface area contributed by atoms with Crippen molar-refractivity contribution in [2.24, 2.45) is 10.6 Å². The van der Waals surface area contributed by atoms with Crippen molar-refractivity contribution in [3.63, 3.8) is 0 Å². The van der Waals surface area contributed by atoms with E-state index in [1.807, 2.05) is 31.2 Å². The second-order valence-corrected chi connectivity index (χ2v) is 8.33. The number of carbonyl (C=O) groups is 1. The van der Waals surface area contributed by atoms with E-state index in [9.17, 15) is 9.18 Å². The average Bonchev–Trinajstić information content (AvgIpc) is 3.20. The van der Waals surface area contributed by atoms with Gasteiger partial charge in [0.1, 0.15) is 11.9 Å². The lowest BCUT2D eigenvalue weighted by molar-refractivity contribution is -0.134. The third-order valence-corrected chi connectivity index (χ3v) is 6.21. The van der Waals surface area contributed by atoms with Gasteiger partial charge in [-0.15, -0.1) is 0 Å². The normalized spacial score (nSPS) is 20.4. The van der Waals surface area contributed by atoms with Crippen molar-refractivity contribution < 1.29 is 18.8 Å². The van der Waals surface area contributed by atoms with E-state index in [-0.39, 0.29) is 17.8 Å². The first-order valence-electron chi connectivity index (χ1n) is 10.4. The minimum Gasteiger partial charge on any atom is -0.392 e. The molecule has 5 nitrogen and oxygen atoms in total. The summed E-state index contributed by atoms with van der Waals surface area (Å²) in [5.74, 6) is -0.302. The van der Waals surface area contributed by atoms with Gasteiger partial charge in [0.2, 0.25) is 5.91 Å². The molecule has 0 saturated carbocycles. The highest BCUT2D eigenvalue weighted by Crippen LogP contribution is 2.39. The number of hydrogen-bond acceptors (Lipinski definition) is 4. The summed E-state index contributed by atoms with van der Waals surface area (Å²) in [6.45, 7) is 5.18. The van der Waals surface area contributed by atoms with Crippen LogP contribution in [0.15, 0.2) is 47.6 Å². The Balaban J connectivity index is 1.47. The van der Waals surface area contributed by atoms with E-state index in [1.54, 1.807) is 6.07 Å². The van der Waals surface area contributed by atoms with Gasteiger partial charge < -0.3 is 14.9 Å². The van der Waals surface area contributed by atoms with E-state index in [0.717, 1.165) is 22.5 Å². The second kappa shape index (κ2) is 8.56. The number of nitrogens with zero attached hydrogens (tertiary/aromatic N) is 1. The number of nitrogens with one attached hydrogen (secondary N) is 1. The third-order valence-electron chi connectivity index (χ3n) is 6.21. The highest BCUT2D eigenvalue weighted by atomic mass is 19.1. The van der Waals surface area contributed by atoms with Crippen molar-refractivity contribution in [2.75, 3.05) is 18.5 Å². The summed E-state index contributed by atoms with van der Waals surface area (Å²) < 4.78 is 19.1. The molecule has 158 valence electrons. The van der Waals surface area contributed by atoms with Gasteiger partial charge in [-0.05, 0) is 62.1 Å². The maximum atomic E-state index is 13.6. The quantitative estimate of drug-likeness (QED) is 0.773. The van der Waals surface area contributed by atoms with Crippen molar-refractivity contribution >= 4 is 17.3 Å². The number of anilines is 1. The van der Waals surface area contributed by atoms with Crippen LogP contribution in [0.2, 0.25) is 0 Å². The van der Waals surface area contributed by atoms with Crippen LogP contribution in [0.5, 0.6) is 0 Å². The zero-order valence-electron chi connectivity index (χ0n) is 17.4. The molecule has 6 heteroatoms.